The molecule has 0 spiro atoms. The Morgan fingerprint density at radius 2 is 1.91 bits per heavy atom. The van der Waals surface area contributed by atoms with E-state index < -0.39 is 0 Å². The van der Waals surface area contributed by atoms with E-state index in [1.54, 1.807) is 0 Å². The molecule has 1 atom stereocenters. The van der Waals surface area contributed by atoms with Crippen LogP contribution in [0.5, 0.6) is 5.75 Å². The molecule has 0 aliphatic carbocycles. The Morgan fingerprint density at radius 1 is 1.17 bits per heavy atom. The number of nitrogens with zero attached hydrogens (tertiary/aromatic N) is 1. The lowest BCUT2D eigenvalue weighted by Crippen LogP contribution is -2.47. The summed E-state index contributed by atoms with van der Waals surface area (Å²) in [6.07, 6.45) is -0.101. The van der Waals surface area contributed by atoms with E-state index in [9.17, 15) is 4.79 Å². The smallest absolute Gasteiger partial charge is 0.254 e. The van der Waals surface area contributed by atoms with E-state index in [0.29, 0.717) is 31.9 Å². The first-order valence-electron chi connectivity index (χ1n) is 7.88. The van der Waals surface area contributed by atoms with Gasteiger partial charge in [0.25, 0.3) is 5.91 Å². The highest BCUT2D eigenvalue weighted by atomic mass is 16.5. The van der Waals surface area contributed by atoms with Crippen LogP contribution in [0.15, 0.2) is 54.6 Å². The monoisotopic (exact) mass is 311 g/mol. The minimum Gasteiger partial charge on any atom is -0.491 e. The quantitative estimate of drug-likeness (QED) is 0.871. The van der Waals surface area contributed by atoms with Gasteiger partial charge in [-0.1, -0.05) is 36.4 Å². The zero-order valence-corrected chi connectivity index (χ0v) is 13.3. The fraction of sp³-hybridized carbons (Fsp3) is 0.316. The van der Waals surface area contributed by atoms with Crippen LogP contribution in [0.1, 0.15) is 15.9 Å². The lowest BCUT2D eigenvalue weighted by molar-refractivity contribution is -0.0402. The van der Waals surface area contributed by atoms with Crippen LogP contribution in [0.2, 0.25) is 0 Å². The third kappa shape index (κ3) is 3.90. The standard InChI is InChI=1S/C19H21NO3/c1-15-7-5-6-10-18(15)23-14-17-13-20(11-12-22-17)19(21)16-8-3-2-4-9-16/h2-10,17H,11-14H2,1H3. The first-order chi connectivity index (χ1) is 11.2. The number of hydrogen-bond acceptors (Lipinski definition) is 3. The predicted molar refractivity (Wildman–Crippen MR) is 88.8 cm³/mol. The molecule has 1 fully saturated rings. The van der Waals surface area contributed by atoms with Gasteiger partial charge in [0.05, 0.1) is 13.2 Å². The second kappa shape index (κ2) is 7.29. The van der Waals surface area contributed by atoms with Gasteiger partial charge in [-0.25, -0.2) is 0 Å². The van der Waals surface area contributed by atoms with Crippen molar-refractivity contribution in [2.45, 2.75) is 13.0 Å². The van der Waals surface area contributed by atoms with E-state index in [1.807, 2.05) is 66.4 Å². The molecule has 1 amide bonds. The highest BCUT2D eigenvalue weighted by Gasteiger charge is 2.25. The van der Waals surface area contributed by atoms with Crippen molar-refractivity contribution < 1.29 is 14.3 Å². The van der Waals surface area contributed by atoms with Crippen LogP contribution in [-0.2, 0) is 4.74 Å². The molecule has 0 saturated carbocycles. The Morgan fingerprint density at radius 3 is 2.70 bits per heavy atom. The van der Waals surface area contributed by atoms with Gasteiger partial charge >= 0.3 is 0 Å². The number of morpholine rings is 1. The second-order valence-corrected chi connectivity index (χ2v) is 5.69. The summed E-state index contributed by atoms with van der Waals surface area (Å²) in [6, 6.07) is 17.3. The number of hydrogen-bond donors (Lipinski definition) is 0. The topological polar surface area (TPSA) is 38.8 Å². The minimum atomic E-state index is -0.101. The van der Waals surface area contributed by atoms with Gasteiger partial charge in [-0.05, 0) is 30.7 Å². The number of amides is 1. The number of carbonyl (C=O) groups is 1. The first kappa shape index (κ1) is 15.6. The summed E-state index contributed by atoms with van der Waals surface area (Å²) in [7, 11) is 0. The van der Waals surface area contributed by atoms with E-state index in [-0.39, 0.29) is 12.0 Å². The molecule has 3 rings (SSSR count). The summed E-state index contributed by atoms with van der Waals surface area (Å²) in [5.74, 6) is 0.914. The van der Waals surface area contributed by atoms with Gasteiger partial charge in [0, 0.05) is 12.1 Å². The van der Waals surface area contributed by atoms with Crippen LogP contribution in [-0.4, -0.2) is 43.2 Å². The highest BCUT2D eigenvalue weighted by molar-refractivity contribution is 5.94. The molecule has 4 nitrogen and oxygen atoms in total. The average Bonchev–Trinajstić information content (AvgIpc) is 2.61. The lowest BCUT2D eigenvalue weighted by atomic mass is 10.1. The van der Waals surface area contributed by atoms with Crippen molar-refractivity contribution in [2.75, 3.05) is 26.3 Å². The summed E-state index contributed by atoms with van der Waals surface area (Å²) in [5.41, 5.74) is 1.81. The molecule has 1 unspecified atom stereocenters. The number of aryl methyl sites for hydroxylation is 1. The zero-order chi connectivity index (χ0) is 16.1. The van der Waals surface area contributed by atoms with E-state index in [2.05, 4.69) is 0 Å². The highest BCUT2D eigenvalue weighted by Crippen LogP contribution is 2.18. The molecule has 0 aromatic heterocycles. The van der Waals surface area contributed by atoms with E-state index >= 15 is 0 Å². The maximum atomic E-state index is 12.5. The number of rotatable bonds is 4. The predicted octanol–water partition coefficient (Wildman–Crippen LogP) is 2.92. The molecule has 120 valence electrons. The van der Waals surface area contributed by atoms with Gasteiger partial charge in [-0.15, -0.1) is 0 Å². The van der Waals surface area contributed by atoms with Gasteiger partial charge < -0.3 is 14.4 Å². The van der Waals surface area contributed by atoms with Crippen molar-refractivity contribution in [1.29, 1.82) is 0 Å². The third-order valence-electron chi connectivity index (χ3n) is 3.97. The summed E-state index contributed by atoms with van der Waals surface area (Å²) in [6.45, 7) is 4.18. The summed E-state index contributed by atoms with van der Waals surface area (Å²) >= 11 is 0. The zero-order valence-electron chi connectivity index (χ0n) is 13.3. The molecule has 1 aliphatic rings. The number of ether oxygens (including phenoxy) is 2. The van der Waals surface area contributed by atoms with Crippen LogP contribution in [0, 0.1) is 6.92 Å². The Bertz CT molecular complexity index is 657. The van der Waals surface area contributed by atoms with Crippen molar-refractivity contribution in [3.8, 4) is 5.75 Å². The van der Waals surface area contributed by atoms with Crippen LogP contribution in [0.4, 0.5) is 0 Å². The maximum absolute atomic E-state index is 12.5. The fourth-order valence-corrected chi connectivity index (χ4v) is 2.67. The average molecular weight is 311 g/mol. The Balaban J connectivity index is 1.58. The first-order valence-corrected chi connectivity index (χ1v) is 7.88. The van der Waals surface area contributed by atoms with Crippen molar-refractivity contribution in [2.24, 2.45) is 0 Å². The SMILES string of the molecule is Cc1ccccc1OCC1CN(C(=O)c2ccccc2)CCO1. The van der Waals surface area contributed by atoms with Gasteiger partial charge in [-0.2, -0.15) is 0 Å². The van der Waals surface area contributed by atoms with Gasteiger partial charge in [0.1, 0.15) is 18.5 Å². The van der Waals surface area contributed by atoms with Gasteiger partial charge in [0.15, 0.2) is 0 Å². The van der Waals surface area contributed by atoms with Crippen molar-refractivity contribution in [3.05, 3.63) is 65.7 Å². The van der Waals surface area contributed by atoms with Crippen molar-refractivity contribution in [1.82, 2.24) is 4.90 Å². The van der Waals surface area contributed by atoms with Crippen molar-refractivity contribution in [3.63, 3.8) is 0 Å². The van der Waals surface area contributed by atoms with Gasteiger partial charge in [0.2, 0.25) is 0 Å². The summed E-state index contributed by atoms with van der Waals surface area (Å²) in [5, 5.41) is 0. The maximum Gasteiger partial charge on any atom is 0.254 e. The normalized spacial score (nSPS) is 17.8. The summed E-state index contributed by atoms with van der Waals surface area (Å²) in [4.78, 5) is 14.3. The molecule has 2 aromatic rings. The Labute approximate surface area is 136 Å². The summed E-state index contributed by atoms with van der Waals surface area (Å²) < 4.78 is 11.6. The van der Waals surface area contributed by atoms with E-state index in [1.165, 1.54) is 0 Å². The molecule has 1 aliphatic heterocycles. The fourth-order valence-electron chi connectivity index (χ4n) is 2.67. The van der Waals surface area contributed by atoms with Crippen LogP contribution < -0.4 is 4.74 Å². The lowest BCUT2D eigenvalue weighted by Gasteiger charge is -2.33. The number of benzene rings is 2. The number of carbonyl (C=O) groups excluding carboxylic acids is 1. The molecular formula is C19H21NO3. The minimum absolute atomic E-state index is 0.0507. The molecule has 0 N–H and O–H groups in total. The molecule has 0 radical (unpaired) electrons. The van der Waals surface area contributed by atoms with E-state index in [0.717, 1.165) is 11.3 Å². The molecule has 1 saturated heterocycles. The van der Waals surface area contributed by atoms with Crippen LogP contribution in [0.3, 0.4) is 0 Å². The Kier molecular flexibility index (Phi) is 4.93. The largest absolute Gasteiger partial charge is 0.491 e. The molecule has 2 aromatic carbocycles. The molecule has 0 bridgehead atoms. The van der Waals surface area contributed by atoms with Crippen molar-refractivity contribution >= 4 is 5.91 Å². The van der Waals surface area contributed by atoms with Crippen LogP contribution >= 0.6 is 0 Å². The Hall–Kier alpha value is -2.33. The van der Waals surface area contributed by atoms with Crippen LogP contribution in [0.25, 0.3) is 0 Å². The molecule has 23 heavy (non-hydrogen) atoms. The van der Waals surface area contributed by atoms with E-state index in [4.69, 9.17) is 9.47 Å². The second-order valence-electron chi connectivity index (χ2n) is 5.69. The molecule has 4 heteroatoms. The number of para-hydroxylation sites is 1. The molecule has 1 heterocycles. The molecular weight excluding hydrogens is 290 g/mol. The third-order valence-corrected chi connectivity index (χ3v) is 3.97. The van der Waals surface area contributed by atoms with Gasteiger partial charge in [-0.3, -0.25) is 4.79 Å².